The van der Waals surface area contributed by atoms with Crippen LogP contribution in [0, 0.1) is 10.1 Å². The Bertz CT molecular complexity index is 823. The molecule has 1 aromatic carbocycles. The molecule has 2 N–H and O–H groups in total. The number of hydrogen-bond acceptors (Lipinski definition) is 5. The first-order chi connectivity index (χ1) is 18.4. The van der Waals surface area contributed by atoms with Crippen molar-refractivity contribution in [3.05, 3.63) is 26.8 Å². The summed E-state index contributed by atoms with van der Waals surface area (Å²) < 4.78 is 5.05. The molecule has 0 aromatic heterocycles. The zero-order valence-electron chi connectivity index (χ0n) is 24.3. The number of nitrogens with zero attached hydrogens (tertiary/aromatic N) is 1. The Morgan fingerprint density at radius 3 is 1.42 bits per heavy atom. The van der Waals surface area contributed by atoms with Gasteiger partial charge in [-0.15, -0.1) is 0 Å². The lowest BCUT2D eigenvalue weighted by molar-refractivity contribution is -0.386. The number of rotatable bonds is 23. The maximum Gasteiger partial charge on any atom is 0.511 e. The first kappa shape index (κ1) is 33.7. The van der Waals surface area contributed by atoms with Crippen LogP contribution >= 0.6 is 0 Å². The highest BCUT2D eigenvalue weighted by molar-refractivity contribution is 5.72. The number of ether oxygens (including phenoxy) is 1. The Labute approximate surface area is 230 Å². The molecule has 0 unspecified atom stereocenters. The van der Waals surface area contributed by atoms with Crippen molar-refractivity contribution in [2.24, 2.45) is 0 Å². The lowest BCUT2D eigenvalue weighted by Gasteiger charge is -2.20. The molecule has 7 nitrogen and oxygen atoms in total. The van der Waals surface area contributed by atoms with Crippen molar-refractivity contribution in [1.29, 1.82) is 0 Å². The van der Waals surface area contributed by atoms with Crippen LogP contribution in [-0.4, -0.2) is 21.3 Å². The summed E-state index contributed by atoms with van der Waals surface area (Å²) in [5.74, 6) is -0.864. The van der Waals surface area contributed by atoms with Crippen LogP contribution in [0.15, 0.2) is 0 Å². The molecule has 1 rings (SSSR count). The van der Waals surface area contributed by atoms with Gasteiger partial charge >= 0.3 is 11.8 Å². The third kappa shape index (κ3) is 12.5. The van der Waals surface area contributed by atoms with E-state index in [9.17, 15) is 25.1 Å². The topological polar surface area (TPSA) is 110 Å². The number of nitro benzene ring substituents is 1. The third-order valence-corrected chi connectivity index (χ3v) is 7.44. The molecule has 0 amide bonds. The average molecular weight is 536 g/mol. The van der Waals surface area contributed by atoms with Crippen LogP contribution in [0.25, 0.3) is 0 Å². The second-order valence-electron chi connectivity index (χ2n) is 10.6. The SMILES string of the molecule is CCCCCCCCc1c(CCCCCCCC)c(OC(=O)O)c(O)c([N+](=O)[O-])c1CCCCCCCC. The predicted octanol–water partition coefficient (Wildman–Crippen LogP) is 10.1. The van der Waals surface area contributed by atoms with E-state index in [2.05, 4.69) is 20.8 Å². The molecule has 0 aliphatic carbocycles. The van der Waals surface area contributed by atoms with Gasteiger partial charge in [-0.1, -0.05) is 117 Å². The Morgan fingerprint density at radius 1 is 0.658 bits per heavy atom. The highest BCUT2D eigenvalue weighted by Gasteiger charge is 2.32. The van der Waals surface area contributed by atoms with Gasteiger partial charge < -0.3 is 14.9 Å². The molecule has 0 aliphatic rings. The molecule has 218 valence electrons. The summed E-state index contributed by atoms with van der Waals surface area (Å²) in [7, 11) is 0. The van der Waals surface area contributed by atoms with Crippen molar-refractivity contribution in [3.8, 4) is 11.5 Å². The number of carbonyl (C=O) groups is 1. The molecule has 1 aromatic rings. The molecule has 38 heavy (non-hydrogen) atoms. The highest BCUT2D eigenvalue weighted by Crippen LogP contribution is 2.46. The Morgan fingerprint density at radius 2 is 1.03 bits per heavy atom. The summed E-state index contributed by atoms with van der Waals surface area (Å²) in [6.07, 6.45) is 19.5. The molecule has 0 fully saturated rings. The normalized spacial score (nSPS) is 11.1. The maximum atomic E-state index is 12.2. The van der Waals surface area contributed by atoms with Gasteiger partial charge in [0.15, 0.2) is 5.75 Å². The lowest BCUT2D eigenvalue weighted by atomic mass is 9.87. The van der Waals surface area contributed by atoms with Crippen molar-refractivity contribution in [3.63, 3.8) is 0 Å². The van der Waals surface area contributed by atoms with E-state index >= 15 is 0 Å². The zero-order valence-corrected chi connectivity index (χ0v) is 24.3. The molecule has 0 radical (unpaired) electrons. The van der Waals surface area contributed by atoms with E-state index in [4.69, 9.17) is 4.74 Å². The van der Waals surface area contributed by atoms with Crippen LogP contribution in [0.3, 0.4) is 0 Å². The molecule has 0 aliphatic heterocycles. The van der Waals surface area contributed by atoms with E-state index < -0.39 is 16.8 Å². The monoisotopic (exact) mass is 535 g/mol. The smallest absolute Gasteiger partial charge is 0.499 e. The van der Waals surface area contributed by atoms with Gasteiger partial charge in [-0.05, 0) is 44.1 Å². The van der Waals surface area contributed by atoms with Crippen LogP contribution in [0.2, 0.25) is 0 Å². The fourth-order valence-electron chi connectivity index (χ4n) is 5.33. The number of benzene rings is 1. The van der Waals surface area contributed by atoms with E-state index in [1.54, 1.807) is 0 Å². The summed E-state index contributed by atoms with van der Waals surface area (Å²) in [5, 5.41) is 32.6. The van der Waals surface area contributed by atoms with Gasteiger partial charge in [0.1, 0.15) is 0 Å². The summed E-state index contributed by atoms with van der Waals surface area (Å²) >= 11 is 0. The third-order valence-electron chi connectivity index (χ3n) is 7.44. The molecular formula is C31H53NO6. The van der Waals surface area contributed by atoms with Gasteiger partial charge in [-0.3, -0.25) is 10.1 Å². The molecule has 0 saturated carbocycles. The lowest BCUT2D eigenvalue weighted by Crippen LogP contribution is -2.12. The molecule has 0 spiro atoms. The van der Waals surface area contributed by atoms with Crippen LogP contribution in [0.5, 0.6) is 11.5 Å². The second-order valence-corrected chi connectivity index (χ2v) is 10.6. The first-order valence-corrected chi connectivity index (χ1v) is 15.3. The number of unbranched alkanes of at least 4 members (excludes halogenated alkanes) is 15. The van der Waals surface area contributed by atoms with Crippen LogP contribution < -0.4 is 4.74 Å². The average Bonchev–Trinajstić information content (AvgIpc) is 2.88. The molecule has 0 heterocycles. The van der Waals surface area contributed by atoms with E-state index in [1.807, 2.05) is 0 Å². The highest BCUT2D eigenvalue weighted by atomic mass is 16.7. The maximum absolute atomic E-state index is 12.2. The van der Waals surface area contributed by atoms with Crippen molar-refractivity contribution in [2.75, 3.05) is 0 Å². The molecule has 0 saturated heterocycles. The zero-order chi connectivity index (χ0) is 28.2. The summed E-state index contributed by atoms with van der Waals surface area (Å²) in [6, 6.07) is 0. The quantitative estimate of drug-likeness (QED) is 0.0474. The molecule has 7 heteroatoms. The van der Waals surface area contributed by atoms with Crippen molar-refractivity contribution in [1.82, 2.24) is 0 Å². The minimum absolute atomic E-state index is 0.231. The van der Waals surface area contributed by atoms with Gasteiger partial charge in [0.2, 0.25) is 5.75 Å². The first-order valence-electron chi connectivity index (χ1n) is 15.3. The van der Waals surface area contributed by atoms with Gasteiger partial charge in [-0.25, -0.2) is 4.79 Å². The van der Waals surface area contributed by atoms with Crippen molar-refractivity contribution in [2.45, 2.75) is 156 Å². The summed E-state index contributed by atoms with van der Waals surface area (Å²) in [4.78, 5) is 23.2. The molecular weight excluding hydrogens is 482 g/mol. The number of nitro groups is 1. The Balaban J connectivity index is 3.35. The largest absolute Gasteiger partial charge is 0.511 e. The van der Waals surface area contributed by atoms with Crippen molar-refractivity contribution < 1.29 is 24.7 Å². The van der Waals surface area contributed by atoms with Crippen LogP contribution in [0.4, 0.5) is 10.5 Å². The second kappa shape index (κ2) is 20.6. The van der Waals surface area contributed by atoms with E-state index in [-0.39, 0.29) is 11.4 Å². The number of phenols is 1. The van der Waals surface area contributed by atoms with E-state index in [0.717, 1.165) is 89.0 Å². The fraction of sp³-hybridized carbons (Fsp3) is 0.774. The molecule has 0 atom stereocenters. The predicted molar refractivity (Wildman–Crippen MR) is 155 cm³/mol. The Hall–Kier alpha value is -2.31. The standard InChI is InChI=1S/C31H53NO6/c1-4-7-10-13-16-19-22-25-26(23-20-17-14-11-8-5-2)28(32(36)37)29(33)30(38-31(34)35)27(25)24-21-18-15-12-9-6-3/h33H,4-24H2,1-3H3,(H,34,35). The number of phenolic OH excluding ortho intramolecular Hbond substituents is 1. The van der Waals surface area contributed by atoms with Crippen molar-refractivity contribution >= 4 is 11.8 Å². The van der Waals surface area contributed by atoms with E-state index in [1.165, 1.54) is 32.1 Å². The Kier molecular flexibility index (Phi) is 18.3. The minimum atomic E-state index is -1.56. The number of carboxylic acid groups (broad SMARTS) is 1. The van der Waals surface area contributed by atoms with Gasteiger partial charge in [-0.2, -0.15) is 0 Å². The van der Waals surface area contributed by atoms with Gasteiger partial charge in [0, 0.05) is 11.1 Å². The molecule has 0 bridgehead atoms. The fourth-order valence-corrected chi connectivity index (χ4v) is 5.33. The van der Waals surface area contributed by atoms with Crippen LogP contribution in [-0.2, 0) is 19.3 Å². The summed E-state index contributed by atoms with van der Waals surface area (Å²) in [5.41, 5.74) is 1.70. The number of hydrogen-bond donors (Lipinski definition) is 2. The van der Waals surface area contributed by atoms with Gasteiger partial charge in [0.05, 0.1) is 4.92 Å². The van der Waals surface area contributed by atoms with Crippen LogP contribution in [0.1, 0.15) is 153 Å². The van der Waals surface area contributed by atoms with Gasteiger partial charge in [0.25, 0.3) is 0 Å². The minimum Gasteiger partial charge on any atom is -0.499 e. The van der Waals surface area contributed by atoms with E-state index in [0.29, 0.717) is 30.4 Å². The number of aromatic hydroxyl groups is 1. The summed E-state index contributed by atoms with van der Waals surface area (Å²) in [6.45, 7) is 6.53.